The van der Waals surface area contributed by atoms with E-state index in [4.69, 9.17) is 0 Å². The number of aryl methyl sites for hydroxylation is 1. The summed E-state index contributed by atoms with van der Waals surface area (Å²) in [5, 5.41) is 0. The van der Waals surface area contributed by atoms with Crippen molar-refractivity contribution in [1.29, 1.82) is 0 Å². The molecule has 0 spiro atoms. The fourth-order valence-electron chi connectivity index (χ4n) is 2.00. The molecule has 0 bridgehead atoms. The third kappa shape index (κ3) is 3.90. The second-order valence-electron chi connectivity index (χ2n) is 4.81. The van der Waals surface area contributed by atoms with Crippen LogP contribution in [0.4, 0.5) is 4.39 Å². The van der Waals surface area contributed by atoms with Gasteiger partial charge < -0.3 is 0 Å². The van der Waals surface area contributed by atoms with Crippen molar-refractivity contribution in [2.24, 2.45) is 0 Å². The summed E-state index contributed by atoms with van der Waals surface area (Å²) in [7, 11) is -3.68. The van der Waals surface area contributed by atoms with Crippen LogP contribution in [0, 0.1) is 12.7 Å². The minimum absolute atomic E-state index is 0.208. The molecule has 21 heavy (non-hydrogen) atoms. The molecule has 0 amide bonds. The van der Waals surface area contributed by atoms with E-state index in [0.29, 0.717) is 15.6 Å². The Morgan fingerprint density at radius 3 is 2.57 bits per heavy atom. The Morgan fingerprint density at radius 1 is 1.19 bits per heavy atom. The molecule has 1 atom stereocenters. The Labute approximate surface area is 132 Å². The summed E-state index contributed by atoms with van der Waals surface area (Å²) in [4.78, 5) is 0.208. The smallest absolute Gasteiger partial charge is 0.207 e. The molecule has 1 unspecified atom stereocenters. The lowest BCUT2D eigenvalue weighted by Gasteiger charge is -2.16. The summed E-state index contributed by atoms with van der Waals surface area (Å²) in [6.45, 7) is 3.41. The highest BCUT2D eigenvalue weighted by molar-refractivity contribution is 9.10. The van der Waals surface area contributed by atoms with Crippen LogP contribution in [0.25, 0.3) is 0 Å². The van der Waals surface area contributed by atoms with Crippen LogP contribution < -0.4 is 4.72 Å². The standard InChI is InChI=1S/C15H15BrFNO2S/c1-10-6-7-13(16)9-15(10)21(19,20)18-11(2)12-4-3-5-14(17)8-12/h3-9,11,18H,1-2H3. The molecule has 0 fully saturated rings. The number of nitrogens with one attached hydrogen (secondary N) is 1. The van der Waals surface area contributed by atoms with Crippen molar-refractivity contribution in [3.63, 3.8) is 0 Å². The lowest BCUT2D eigenvalue weighted by molar-refractivity contribution is 0.564. The van der Waals surface area contributed by atoms with Gasteiger partial charge in [0.25, 0.3) is 0 Å². The first kappa shape index (κ1) is 16.1. The summed E-state index contributed by atoms with van der Waals surface area (Å²) in [5.41, 5.74) is 1.23. The minimum Gasteiger partial charge on any atom is -0.207 e. The minimum atomic E-state index is -3.68. The first-order valence-corrected chi connectivity index (χ1v) is 8.61. The van der Waals surface area contributed by atoms with Gasteiger partial charge >= 0.3 is 0 Å². The predicted octanol–water partition coefficient (Wildman–Crippen LogP) is 3.94. The number of rotatable bonds is 4. The summed E-state index contributed by atoms with van der Waals surface area (Å²) in [5.74, 6) is -0.391. The average molecular weight is 372 g/mol. The Bertz CT molecular complexity index is 762. The third-order valence-corrected chi connectivity index (χ3v) is 5.30. The maximum absolute atomic E-state index is 13.2. The molecule has 0 saturated carbocycles. The molecule has 0 aromatic heterocycles. The number of hydrogen-bond donors (Lipinski definition) is 1. The van der Waals surface area contributed by atoms with E-state index in [1.54, 1.807) is 44.2 Å². The largest absolute Gasteiger partial charge is 0.241 e. The molecule has 0 heterocycles. The zero-order valence-electron chi connectivity index (χ0n) is 11.6. The highest BCUT2D eigenvalue weighted by Gasteiger charge is 2.20. The van der Waals surface area contributed by atoms with Gasteiger partial charge in [0.15, 0.2) is 0 Å². The van der Waals surface area contributed by atoms with E-state index in [2.05, 4.69) is 20.7 Å². The van der Waals surface area contributed by atoms with E-state index in [-0.39, 0.29) is 4.90 Å². The van der Waals surface area contributed by atoms with Crippen molar-refractivity contribution in [1.82, 2.24) is 4.72 Å². The molecule has 0 aliphatic carbocycles. The van der Waals surface area contributed by atoms with Gasteiger partial charge in [-0.2, -0.15) is 0 Å². The summed E-state index contributed by atoms with van der Waals surface area (Å²) in [6.07, 6.45) is 0. The molecule has 2 rings (SSSR count). The van der Waals surface area contributed by atoms with Gasteiger partial charge in [0.2, 0.25) is 10.0 Å². The summed E-state index contributed by atoms with van der Waals surface area (Å²) in [6, 6.07) is 10.4. The maximum atomic E-state index is 13.2. The van der Waals surface area contributed by atoms with Gasteiger partial charge in [0.05, 0.1) is 4.90 Å². The molecular weight excluding hydrogens is 357 g/mol. The molecular formula is C15H15BrFNO2S. The van der Waals surface area contributed by atoms with E-state index in [0.717, 1.165) is 0 Å². The Kier molecular flexibility index (Phi) is 4.81. The van der Waals surface area contributed by atoms with Crippen molar-refractivity contribution in [3.8, 4) is 0 Å². The highest BCUT2D eigenvalue weighted by Crippen LogP contribution is 2.23. The van der Waals surface area contributed by atoms with Crippen LogP contribution >= 0.6 is 15.9 Å². The average Bonchev–Trinajstić information content (AvgIpc) is 2.41. The van der Waals surface area contributed by atoms with Crippen molar-refractivity contribution < 1.29 is 12.8 Å². The lowest BCUT2D eigenvalue weighted by atomic mass is 10.1. The molecule has 112 valence electrons. The van der Waals surface area contributed by atoms with Gasteiger partial charge in [-0.15, -0.1) is 0 Å². The van der Waals surface area contributed by atoms with Crippen LogP contribution in [0.2, 0.25) is 0 Å². The first-order chi connectivity index (χ1) is 9.79. The molecule has 6 heteroatoms. The molecule has 1 N–H and O–H groups in total. The van der Waals surface area contributed by atoms with Gasteiger partial charge in [0.1, 0.15) is 5.82 Å². The first-order valence-electron chi connectivity index (χ1n) is 6.33. The molecule has 0 aliphatic heterocycles. The van der Waals surface area contributed by atoms with E-state index in [1.165, 1.54) is 12.1 Å². The maximum Gasteiger partial charge on any atom is 0.241 e. The van der Waals surface area contributed by atoms with Crippen LogP contribution in [-0.2, 0) is 10.0 Å². The van der Waals surface area contributed by atoms with Gasteiger partial charge in [-0.3, -0.25) is 0 Å². The topological polar surface area (TPSA) is 46.2 Å². The second-order valence-corrected chi connectivity index (χ2v) is 7.41. The molecule has 0 saturated heterocycles. The van der Waals surface area contributed by atoms with Crippen molar-refractivity contribution in [2.75, 3.05) is 0 Å². The number of sulfonamides is 1. The number of hydrogen-bond acceptors (Lipinski definition) is 2. The van der Waals surface area contributed by atoms with E-state index in [1.807, 2.05) is 0 Å². The van der Waals surface area contributed by atoms with E-state index < -0.39 is 21.9 Å². The van der Waals surface area contributed by atoms with E-state index in [9.17, 15) is 12.8 Å². The van der Waals surface area contributed by atoms with Crippen molar-refractivity contribution in [2.45, 2.75) is 24.8 Å². The van der Waals surface area contributed by atoms with Crippen molar-refractivity contribution in [3.05, 3.63) is 63.9 Å². The number of halogens is 2. The Hall–Kier alpha value is -1.24. The Balaban J connectivity index is 2.31. The van der Waals surface area contributed by atoms with Gasteiger partial charge in [-0.1, -0.05) is 34.1 Å². The highest BCUT2D eigenvalue weighted by atomic mass is 79.9. The van der Waals surface area contributed by atoms with Gasteiger partial charge in [-0.05, 0) is 49.2 Å². The molecule has 0 aliphatic rings. The predicted molar refractivity (Wildman–Crippen MR) is 84.0 cm³/mol. The van der Waals surface area contributed by atoms with Crippen LogP contribution in [0.1, 0.15) is 24.1 Å². The van der Waals surface area contributed by atoms with Crippen LogP contribution in [0.3, 0.4) is 0 Å². The summed E-state index contributed by atoms with van der Waals surface area (Å²) >= 11 is 3.27. The SMILES string of the molecule is Cc1ccc(Br)cc1S(=O)(=O)NC(C)c1cccc(F)c1. The van der Waals surface area contributed by atoms with Gasteiger partial charge in [0, 0.05) is 10.5 Å². The van der Waals surface area contributed by atoms with Gasteiger partial charge in [-0.25, -0.2) is 17.5 Å². The van der Waals surface area contributed by atoms with Crippen LogP contribution in [-0.4, -0.2) is 8.42 Å². The quantitative estimate of drug-likeness (QED) is 0.884. The van der Waals surface area contributed by atoms with Crippen LogP contribution in [0.15, 0.2) is 51.8 Å². The zero-order valence-corrected chi connectivity index (χ0v) is 14.0. The lowest BCUT2D eigenvalue weighted by Crippen LogP contribution is -2.27. The second kappa shape index (κ2) is 6.25. The normalized spacial score (nSPS) is 13.1. The monoisotopic (exact) mass is 371 g/mol. The fraction of sp³-hybridized carbons (Fsp3) is 0.200. The third-order valence-electron chi connectivity index (χ3n) is 3.12. The molecule has 2 aromatic carbocycles. The van der Waals surface area contributed by atoms with E-state index >= 15 is 0 Å². The van der Waals surface area contributed by atoms with Crippen molar-refractivity contribution >= 4 is 26.0 Å². The molecule has 0 radical (unpaired) electrons. The summed E-state index contributed by atoms with van der Waals surface area (Å²) < 4.78 is 41.4. The fourth-order valence-corrected chi connectivity index (χ4v) is 4.02. The Morgan fingerprint density at radius 2 is 1.90 bits per heavy atom. The van der Waals surface area contributed by atoms with Crippen LogP contribution in [0.5, 0.6) is 0 Å². The molecule has 2 aromatic rings. The zero-order chi connectivity index (χ0) is 15.6. The molecule has 3 nitrogen and oxygen atoms in total. The number of benzene rings is 2.